The van der Waals surface area contributed by atoms with E-state index in [0.717, 1.165) is 43.1 Å². The third kappa shape index (κ3) is 2.30. The molecule has 0 radical (unpaired) electrons. The van der Waals surface area contributed by atoms with Gasteiger partial charge in [-0.05, 0) is 37.3 Å². The second-order valence-corrected chi connectivity index (χ2v) is 6.58. The lowest BCUT2D eigenvalue weighted by Crippen LogP contribution is -2.43. The van der Waals surface area contributed by atoms with Gasteiger partial charge in [0.15, 0.2) is 11.5 Å². The van der Waals surface area contributed by atoms with Crippen LogP contribution in [0.25, 0.3) is 5.65 Å². The Morgan fingerprint density at radius 2 is 2.09 bits per heavy atom. The van der Waals surface area contributed by atoms with E-state index in [1.807, 2.05) is 16.6 Å². The number of hydrogen-bond acceptors (Lipinski definition) is 5. The van der Waals surface area contributed by atoms with Crippen molar-refractivity contribution in [1.82, 2.24) is 19.8 Å². The van der Waals surface area contributed by atoms with Gasteiger partial charge in [0.1, 0.15) is 5.82 Å². The Labute approximate surface area is 127 Å². The third-order valence-corrected chi connectivity index (χ3v) is 4.55. The van der Waals surface area contributed by atoms with Gasteiger partial charge in [-0.1, -0.05) is 6.92 Å². The molecule has 2 aromatic rings. The summed E-state index contributed by atoms with van der Waals surface area (Å²) < 4.78 is 1.82. The van der Waals surface area contributed by atoms with Crippen LogP contribution in [0.3, 0.4) is 0 Å². The van der Waals surface area contributed by atoms with E-state index >= 15 is 0 Å². The molecule has 0 spiro atoms. The van der Waals surface area contributed by atoms with Crippen molar-refractivity contribution < 1.29 is 9.90 Å². The molecule has 0 amide bonds. The largest absolute Gasteiger partial charge is 0.481 e. The van der Waals surface area contributed by atoms with Crippen LogP contribution in [-0.2, 0) is 4.79 Å². The summed E-state index contributed by atoms with van der Waals surface area (Å²) in [7, 11) is 0. The average molecular weight is 301 g/mol. The Morgan fingerprint density at radius 1 is 1.27 bits per heavy atom. The topological polar surface area (TPSA) is 83.6 Å². The molecule has 1 aliphatic carbocycles. The summed E-state index contributed by atoms with van der Waals surface area (Å²) in [6, 6.07) is 3.83. The number of aliphatic carboxylic acids is 1. The number of nitrogens with zero attached hydrogens (tertiary/aromatic N) is 5. The first-order chi connectivity index (χ1) is 10.6. The van der Waals surface area contributed by atoms with E-state index in [2.05, 4.69) is 27.1 Å². The molecule has 4 rings (SSSR count). The molecule has 2 aliphatic rings. The van der Waals surface area contributed by atoms with Crippen molar-refractivity contribution >= 4 is 17.4 Å². The molecule has 2 atom stereocenters. The van der Waals surface area contributed by atoms with Gasteiger partial charge in [-0.25, -0.2) is 0 Å². The van der Waals surface area contributed by atoms with Gasteiger partial charge in [0.2, 0.25) is 0 Å². The van der Waals surface area contributed by atoms with Gasteiger partial charge >= 0.3 is 5.97 Å². The van der Waals surface area contributed by atoms with Crippen LogP contribution >= 0.6 is 0 Å². The third-order valence-electron chi connectivity index (χ3n) is 4.55. The fourth-order valence-electron chi connectivity index (χ4n) is 3.28. The maximum Gasteiger partial charge on any atom is 0.308 e. The molecule has 1 saturated carbocycles. The number of hydrogen-bond donors (Lipinski definition) is 1. The van der Waals surface area contributed by atoms with Gasteiger partial charge in [0.05, 0.1) is 5.92 Å². The van der Waals surface area contributed by atoms with E-state index in [-0.39, 0.29) is 5.92 Å². The highest BCUT2D eigenvalue weighted by molar-refractivity contribution is 5.71. The molecule has 1 saturated heterocycles. The summed E-state index contributed by atoms with van der Waals surface area (Å²) in [6.45, 7) is 3.44. The van der Waals surface area contributed by atoms with Crippen molar-refractivity contribution in [3.8, 4) is 0 Å². The van der Waals surface area contributed by atoms with Gasteiger partial charge in [-0.2, -0.15) is 4.52 Å². The smallest absolute Gasteiger partial charge is 0.308 e. The van der Waals surface area contributed by atoms with Crippen molar-refractivity contribution in [1.29, 1.82) is 0 Å². The summed E-state index contributed by atoms with van der Waals surface area (Å²) in [5.41, 5.74) is 0.755. The fourth-order valence-corrected chi connectivity index (χ4v) is 3.28. The zero-order valence-corrected chi connectivity index (χ0v) is 12.5. The summed E-state index contributed by atoms with van der Waals surface area (Å²) in [4.78, 5) is 13.4. The van der Waals surface area contributed by atoms with Crippen LogP contribution < -0.4 is 4.90 Å². The van der Waals surface area contributed by atoms with Crippen LogP contribution in [0, 0.1) is 11.8 Å². The van der Waals surface area contributed by atoms with Gasteiger partial charge in [0, 0.05) is 19.0 Å². The minimum atomic E-state index is -0.722. The second-order valence-electron chi connectivity index (χ2n) is 6.58. The van der Waals surface area contributed by atoms with Crippen molar-refractivity contribution in [2.45, 2.75) is 32.1 Å². The monoisotopic (exact) mass is 301 g/mol. The number of piperidine rings is 1. The standard InChI is InChI=1S/C15H19N5O2/c1-9-6-11(15(21)22)8-19(7-9)13-5-4-12-16-17-14(10-2-3-10)20(12)18-13/h4-5,9-11H,2-3,6-8H2,1H3,(H,21,22). The molecule has 22 heavy (non-hydrogen) atoms. The Hall–Kier alpha value is -2.18. The van der Waals surface area contributed by atoms with Crippen LogP contribution in [0.1, 0.15) is 37.9 Å². The Kier molecular flexibility index (Phi) is 3.02. The highest BCUT2D eigenvalue weighted by atomic mass is 16.4. The van der Waals surface area contributed by atoms with E-state index in [9.17, 15) is 9.90 Å². The predicted octanol–water partition coefficient (Wildman–Crippen LogP) is 1.55. The van der Waals surface area contributed by atoms with Crippen molar-refractivity contribution in [3.05, 3.63) is 18.0 Å². The minimum Gasteiger partial charge on any atom is -0.481 e. The maximum absolute atomic E-state index is 11.3. The molecular formula is C15H19N5O2. The normalized spacial score (nSPS) is 25.6. The summed E-state index contributed by atoms with van der Waals surface area (Å²) in [5, 5.41) is 22.4. The van der Waals surface area contributed by atoms with Crippen molar-refractivity contribution in [2.75, 3.05) is 18.0 Å². The van der Waals surface area contributed by atoms with E-state index < -0.39 is 5.97 Å². The fraction of sp³-hybridized carbons (Fsp3) is 0.600. The molecule has 7 nitrogen and oxygen atoms in total. The van der Waals surface area contributed by atoms with Crippen molar-refractivity contribution in [2.24, 2.45) is 11.8 Å². The van der Waals surface area contributed by atoms with Gasteiger partial charge in [-0.15, -0.1) is 15.3 Å². The summed E-state index contributed by atoms with van der Waals surface area (Å²) >= 11 is 0. The number of carboxylic acids is 1. The lowest BCUT2D eigenvalue weighted by molar-refractivity contribution is -0.142. The first-order valence-electron chi connectivity index (χ1n) is 7.82. The first kappa shape index (κ1) is 13.5. The lowest BCUT2D eigenvalue weighted by atomic mass is 9.90. The molecule has 3 heterocycles. The van der Waals surface area contributed by atoms with Gasteiger partial charge in [0.25, 0.3) is 0 Å². The Morgan fingerprint density at radius 3 is 2.82 bits per heavy atom. The van der Waals surface area contributed by atoms with Gasteiger partial charge in [-0.3, -0.25) is 4.79 Å². The van der Waals surface area contributed by atoms with Crippen LogP contribution in [0.15, 0.2) is 12.1 Å². The van der Waals surface area contributed by atoms with Gasteiger partial charge < -0.3 is 10.0 Å². The number of fused-ring (bicyclic) bond motifs is 1. The number of rotatable bonds is 3. The zero-order chi connectivity index (χ0) is 15.3. The van der Waals surface area contributed by atoms with Crippen LogP contribution in [0.2, 0.25) is 0 Å². The highest BCUT2D eigenvalue weighted by Crippen LogP contribution is 2.38. The molecule has 1 aliphatic heterocycles. The van der Waals surface area contributed by atoms with E-state index in [1.54, 1.807) is 0 Å². The average Bonchev–Trinajstić information content (AvgIpc) is 3.25. The number of anilines is 1. The SMILES string of the molecule is CC1CC(C(=O)O)CN(c2ccc3nnc(C4CC4)n3n2)C1. The van der Waals surface area contributed by atoms with Crippen LogP contribution in [-0.4, -0.2) is 44.0 Å². The first-order valence-corrected chi connectivity index (χ1v) is 7.82. The predicted molar refractivity (Wildman–Crippen MR) is 79.9 cm³/mol. The molecule has 0 aromatic carbocycles. The van der Waals surface area contributed by atoms with E-state index in [0.29, 0.717) is 18.4 Å². The van der Waals surface area contributed by atoms with Crippen LogP contribution in [0.5, 0.6) is 0 Å². The molecule has 116 valence electrons. The number of carbonyl (C=O) groups is 1. The number of aromatic nitrogens is 4. The van der Waals surface area contributed by atoms with E-state index in [4.69, 9.17) is 0 Å². The number of carboxylic acid groups (broad SMARTS) is 1. The molecule has 2 unspecified atom stereocenters. The Bertz CT molecular complexity index is 724. The molecular weight excluding hydrogens is 282 g/mol. The van der Waals surface area contributed by atoms with E-state index in [1.165, 1.54) is 0 Å². The zero-order valence-electron chi connectivity index (χ0n) is 12.5. The molecule has 2 aromatic heterocycles. The molecule has 0 bridgehead atoms. The van der Waals surface area contributed by atoms with Crippen molar-refractivity contribution in [3.63, 3.8) is 0 Å². The second kappa shape index (κ2) is 4.93. The molecule has 7 heteroatoms. The highest BCUT2D eigenvalue weighted by Gasteiger charge is 2.32. The Balaban J connectivity index is 1.67. The lowest BCUT2D eigenvalue weighted by Gasteiger charge is -2.35. The molecule has 2 fully saturated rings. The summed E-state index contributed by atoms with van der Waals surface area (Å²) in [5.74, 6) is 1.51. The minimum absolute atomic E-state index is 0.329. The maximum atomic E-state index is 11.3. The summed E-state index contributed by atoms with van der Waals surface area (Å²) in [6.07, 6.45) is 3.02. The van der Waals surface area contributed by atoms with Crippen LogP contribution in [0.4, 0.5) is 5.82 Å². The molecule has 1 N–H and O–H groups in total. The quantitative estimate of drug-likeness (QED) is 0.926.